The Bertz CT molecular complexity index is 655. The van der Waals surface area contributed by atoms with E-state index in [0.717, 1.165) is 4.90 Å². The molecular formula is C16H20N2O6. The quantitative estimate of drug-likeness (QED) is 0.380. The number of rotatable bonds is 6. The maximum atomic E-state index is 12.1. The van der Waals surface area contributed by atoms with Gasteiger partial charge in [0, 0.05) is 19.3 Å². The van der Waals surface area contributed by atoms with E-state index in [0.29, 0.717) is 5.56 Å². The summed E-state index contributed by atoms with van der Waals surface area (Å²) in [7, 11) is 0. The maximum absolute atomic E-state index is 12.1. The fourth-order valence-electron chi connectivity index (χ4n) is 2.44. The van der Waals surface area contributed by atoms with Gasteiger partial charge in [-0.2, -0.15) is 0 Å². The molecule has 24 heavy (non-hydrogen) atoms. The van der Waals surface area contributed by atoms with Gasteiger partial charge >= 0.3 is 5.97 Å². The highest BCUT2D eigenvalue weighted by molar-refractivity contribution is 6.01. The fourth-order valence-corrected chi connectivity index (χ4v) is 2.44. The maximum Gasteiger partial charge on any atom is 0.326 e. The molecule has 4 N–H and O–H groups in total. The second kappa shape index (κ2) is 6.88. The number of esters is 1. The van der Waals surface area contributed by atoms with Gasteiger partial charge in [-0.1, -0.05) is 6.07 Å². The number of likely N-dealkylation sites (tertiary alicyclic amines) is 1. The number of hydrogen-bond donors (Lipinski definition) is 3. The van der Waals surface area contributed by atoms with Gasteiger partial charge in [-0.15, -0.1) is 0 Å². The SMILES string of the molecule is CC(N)(Cc1ccc(O)c(O)c1)C(=O)OCCN1C(=O)CCC1=O. The van der Waals surface area contributed by atoms with Gasteiger partial charge in [0.15, 0.2) is 11.5 Å². The van der Waals surface area contributed by atoms with E-state index in [9.17, 15) is 24.6 Å². The summed E-state index contributed by atoms with van der Waals surface area (Å²) in [5.74, 6) is -1.80. The number of phenolic OH excluding ortho intramolecular Hbond substituents is 2. The minimum Gasteiger partial charge on any atom is -0.504 e. The topological polar surface area (TPSA) is 130 Å². The van der Waals surface area contributed by atoms with Gasteiger partial charge in [-0.05, 0) is 24.6 Å². The number of carbonyl (C=O) groups excluding carboxylic acids is 3. The molecule has 2 amide bonds. The van der Waals surface area contributed by atoms with Gasteiger partial charge in [-0.3, -0.25) is 19.3 Å². The normalized spacial score (nSPS) is 17.0. The van der Waals surface area contributed by atoms with Crippen LogP contribution in [-0.2, 0) is 25.5 Å². The molecule has 1 saturated heterocycles. The van der Waals surface area contributed by atoms with Crippen LogP contribution in [-0.4, -0.2) is 51.6 Å². The van der Waals surface area contributed by atoms with Crippen LogP contribution in [0.15, 0.2) is 18.2 Å². The Kier molecular flexibility index (Phi) is 5.08. The Morgan fingerprint density at radius 1 is 1.25 bits per heavy atom. The first-order valence-corrected chi connectivity index (χ1v) is 7.51. The van der Waals surface area contributed by atoms with Crippen molar-refractivity contribution in [3.63, 3.8) is 0 Å². The summed E-state index contributed by atoms with van der Waals surface area (Å²) < 4.78 is 5.07. The average Bonchev–Trinajstić information content (AvgIpc) is 2.82. The third-order valence-corrected chi connectivity index (χ3v) is 3.78. The van der Waals surface area contributed by atoms with Crippen LogP contribution in [0.5, 0.6) is 11.5 Å². The van der Waals surface area contributed by atoms with Crippen LogP contribution in [0.3, 0.4) is 0 Å². The zero-order valence-electron chi connectivity index (χ0n) is 13.3. The van der Waals surface area contributed by atoms with Crippen molar-refractivity contribution in [3.8, 4) is 11.5 Å². The van der Waals surface area contributed by atoms with E-state index >= 15 is 0 Å². The number of ether oxygens (including phenoxy) is 1. The monoisotopic (exact) mass is 336 g/mol. The Morgan fingerprint density at radius 2 is 1.88 bits per heavy atom. The number of benzene rings is 1. The van der Waals surface area contributed by atoms with E-state index in [1.54, 1.807) is 0 Å². The summed E-state index contributed by atoms with van der Waals surface area (Å²) >= 11 is 0. The molecule has 0 radical (unpaired) electrons. The minimum absolute atomic E-state index is 0.0134. The van der Waals surface area contributed by atoms with E-state index in [1.807, 2.05) is 0 Å². The van der Waals surface area contributed by atoms with Gasteiger partial charge < -0.3 is 20.7 Å². The van der Waals surface area contributed by atoms with Crippen molar-refractivity contribution in [2.75, 3.05) is 13.2 Å². The first-order chi connectivity index (χ1) is 11.2. The lowest BCUT2D eigenvalue weighted by Crippen LogP contribution is -2.48. The number of hydrogen-bond acceptors (Lipinski definition) is 7. The number of nitrogens with zero attached hydrogens (tertiary/aromatic N) is 1. The molecule has 8 heteroatoms. The van der Waals surface area contributed by atoms with Gasteiger partial charge in [0.25, 0.3) is 0 Å². The first-order valence-electron chi connectivity index (χ1n) is 7.51. The number of nitrogens with two attached hydrogens (primary N) is 1. The molecule has 1 aromatic carbocycles. The standard InChI is InChI=1S/C16H20N2O6/c1-16(17,9-10-2-3-11(19)12(20)8-10)15(23)24-7-6-18-13(21)4-5-14(18)22/h2-3,8,19-20H,4-7,9,17H2,1H3. The molecule has 0 aromatic heterocycles. The molecule has 1 aliphatic heterocycles. The number of aromatic hydroxyl groups is 2. The summed E-state index contributed by atoms with van der Waals surface area (Å²) in [4.78, 5) is 36.1. The van der Waals surface area contributed by atoms with Crippen LogP contribution in [0.25, 0.3) is 0 Å². The van der Waals surface area contributed by atoms with Gasteiger partial charge in [0.2, 0.25) is 11.8 Å². The third kappa shape index (κ3) is 4.02. The van der Waals surface area contributed by atoms with E-state index < -0.39 is 11.5 Å². The van der Waals surface area contributed by atoms with Crippen molar-refractivity contribution in [1.82, 2.24) is 4.90 Å². The summed E-state index contributed by atoms with van der Waals surface area (Å²) in [5, 5.41) is 18.8. The highest BCUT2D eigenvalue weighted by Gasteiger charge is 2.32. The van der Waals surface area contributed by atoms with Gasteiger partial charge in [-0.25, -0.2) is 0 Å². The molecule has 1 heterocycles. The lowest BCUT2D eigenvalue weighted by molar-refractivity contribution is -0.152. The summed E-state index contributed by atoms with van der Waals surface area (Å²) in [6.07, 6.45) is 0.457. The van der Waals surface area contributed by atoms with Crippen molar-refractivity contribution in [2.24, 2.45) is 5.73 Å². The van der Waals surface area contributed by atoms with Crippen molar-refractivity contribution < 1.29 is 29.3 Å². The van der Waals surface area contributed by atoms with Crippen LogP contribution < -0.4 is 5.73 Å². The lowest BCUT2D eigenvalue weighted by atomic mass is 9.94. The number of carbonyl (C=O) groups is 3. The molecule has 1 unspecified atom stereocenters. The first kappa shape index (κ1) is 17.7. The molecule has 0 aliphatic carbocycles. The molecule has 8 nitrogen and oxygen atoms in total. The smallest absolute Gasteiger partial charge is 0.326 e. The van der Waals surface area contributed by atoms with Crippen molar-refractivity contribution >= 4 is 17.8 Å². The Balaban J connectivity index is 1.89. The second-order valence-corrected chi connectivity index (χ2v) is 5.99. The predicted molar refractivity (Wildman–Crippen MR) is 83.0 cm³/mol. The fraction of sp³-hybridized carbons (Fsp3) is 0.438. The van der Waals surface area contributed by atoms with Gasteiger partial charge in [0.1, 0.15) is 12.1 Å². The van der Waals surface area contributed by atoms with E-state index in [2.05, 4.69) is 0 Å². The molecule has 1 fully saturated rings. The van der Waals surface area contributed by atoms with Crippen LogP contribution in [0.4, 0.5) is 0 Å². The van der Waals surface area contributed by atoms with Crippen molar-refractivity contribution in [3.05, 3.63) is 23.8 Å². The molecule has 1 aromatic rings. The lowest BCUT2D eigenvalue weighted by Gasteiger charge is -2.23. The molecular weight excluding hydrogens is 316 g/mol. The highest BCUT2D eigenvalue weighted by atomic mass is 16.5. The van der Waals surface area contributed by atoms with Crippen molar-refractivity contribution in [2.45, 2.75) is 31.7 Å². The molecule has 0 bridgehead atoms. The molecule has 1 atom stereocenters. The molecule has 2 rings (SSSR count). The largest absolute Gasteiger partial charge is 0.504 e. The van der Waals surface area contributed by atoms with Gasteiger partial charge in [0.05, 0.1) is 6.54 Å². The van der Waals surface area contributed by atoms with Crippen molar-refractivity contribution in [1.29, 1.82) is 0 Å². The number of amides is 2. The second-order valence-electron chi connectivity index (χ2n) is 5.99. The molecule has 0 saturated carbocycles. The molecule has 1 aliphatic rings. The van der Waals surface area contributed by atoms with Crippen LogP contribution in [0, 0.1) is 0 Å². The van der Waals surface area contributed by atoms with E-state index in [-0.39, 0.29) is 55.7 Å². The van der Waals surface area contributed by atoms with Crippen LogP contribution in [0.1, 0.15) is 25.3 Å². The summed E-state index contributed by atoms with van der Waals surface area (Å²) in [6.45, 7) is 1.37. The number of phenols is 2. The predicted octanol–water partition coefficient (Wildman–Crippen LogP) is 0.0499. The zero-order valence-corrected chi connectivity index (χ0v) is 13.3. The Morgan fingerprint density at radius 3 is 2.46 bits per heavy atom. The number of imide groups is 1. The Hall–Kier alpha value is -2.61. The Labute approximate surface area is 138 Å². The van der Waals surface area contributed by atoms with Crippen LogP contribution in [0.2, 0.25) is 0 Å². The third-order valence-electron chi connectivity index (χ3n) is 3.78. The van der Waals surface area contributed by atoms with E-state index in [4.69, 9.17) is 10.5 Å². The average molecular weight is 336 g/mol. The minimum atomic E-state index is -1.36. The van der Waals surface area contributed by atoms with Crippen LogP contribution >= 0.6 is 0 Å². The molecule has 130 valence electrons. The summed E-state index contributed by atoms with van der Waals surface area (Å²) in [6, 6.07) is 4.15. The summed E-state index contributed by atoms with van der Waals surface area (Å²) in [5.41, 5.74) is 5.16. The van der Waals surface area contributed by atoms with E-state index in [1.165, 1.54) is 25.1 Å². The molecule has 0 spiro atoms. The zero-order chi connectivity index (χ0) is 17.9. The highest BCUT2D eigenvalue weighted by Crippen LogP contribution is 2.26.